The molecular weight excluding hydrogens is 242 g/mol. The minimum atomic E-state index is 0.653. The Morgan fingerprint density at radius 2 is 1.60 bits per heavy atom. The standard InChI is InChI=1S/C19H21N/c20-11-4-3-6-13-7-5-10-16-17-12-18(19(13)16)15-9-2-1-8-14(15)17/h1-2,5,7-10,17-18H,3-4,6,11-12,20H2. The van der Waals surface area contributed by atoms with Gasteiger partial charge in [0.05, 0.1) is 0 Å². The fourth-order valence-corrected chi connectivity index (χ4v) is 4.24. The van der Waals surface area contributed by atoms with Crippen LogP contribution in [0.4, 0.5) is 0 Å². The molecule has 20 heavy (non-hydrogen) atoms. The SMILES string of the molecule is NCCCCc1cccc2c1C1CC2c2ccccc21. The van der Waals surface area contributed by atoms with Gasteiger partial charge in [-0.25, -0.2) is 0 Å². The Kier molecular flexibility index (Phi) is 2.89. The van der Waals surface area contributed by atoms with Gasteiger partial charge in [0.2, 0.25) is 0 Å². The molecule has 0 aliphatic heterocycles. The van der Waals surface area contributed by atoms with Gasteiger partial charge in [0.15, 0.2) is 0 Å². The van der Waals surface area contributed by atoms with E-state index < -0.39 is 0 Å². The summed E-state index contributed by atoms with van der Waals surface area (Å²) in [4.78, 5) is 0. The van der Waals surface area contributed by atoms with Gasteiger partial charge in [-0.15, -0.1) is 0 Å². The van der Waals surface area contributed by atoms with Crippen molar-refractivity contribution in [3.05, 3.63) is 70.3 Å². The van der Waals surface area contributed by atoms with Crippen LogP contribution < -0.4 is 5.73 Å². The molecule has 2 unspecified atom stereocenters. The lowest BCUT2D eigenvalue weighted by molar-refractivity contribution is 0.733. The molecule has 0 amide bonds. The molecule has 0 saturated heterocycles. The number of hydrogen-bond donors (Lipinski definition) is 1. The van der Waals surface area contributed by atoms with Crippen LogP contribution in [0.25, 0.3) is 0 Å². The van der Waals surface area contributed by atoms with E-state index in [0.29, 0.717) is 11.8 Å². The Labute approximate surface area is 120 Å². The summed E-state index contributed by atoms with van der Waals surface area (Å²) >= 11 is 0. The topological polar surface area (TPSA) is 26.0 Å². The third-order valence-electron chi connectivity index (χ3n) is 5.07. The van der Waals surface area contributed by atoms with E-state index in [1.54, 1.807) is 27.8 Å². The van der Waals surface area contributed by atoms with Crippen LogP contribution in [-0.4, -0.2) is 6.54 Å². The summed E-state index contributed by atoms with van der Waals surface area (Å²) in [6, 6.07) is 16.0. The highest BCUT2D eigenvalue weighted by atomic mass is 14.5. The highest BCUT2D eigenvalue weighted by Gasteiger charge is 2.41. The average Bonchev–Trinajstić information content (AvgIpc) is 3.05. The smallest absolute Gasteiger partial charge is 0.0107 e. The number of fused-ring (bicyclic) bond motifs is 8. The monoisotopic (exact) mass is 263 g/mol. The number of nitrogens with two attached hydrogens (primary N) is 1. The molecule has 2 atom stereocenters. The van der Waals surface area contributed by atoms with E-state index in [9.17, 15) is 0 Å². The van der Waals surface area contributed by atoms with Crippen LogP contribution >= 0.6 is 0 Å². The summed E-state index contributed by atoms with van der Waals surface area (Å²) in [5.41, 5.74) is 13.6. The number of unbranched alkanes of at least 4 members (excludes halogenated alkanes) is 1. The van der Waals surface area contributed by atoms with Crippen LogP contribution in [0.5, 0.6) is 0 Å². The van der Waals surface area contributed by atoms with Crippen LogP contribution in [0.3, 0.4) is 0 Å². The number of hydrogen-bond acceptors (Lipinski definition) is 1. The lowest BCUT2D eigenvalue weighted by atomic mass is 9.83. The van der Waals surface area contributed by atoms with Gasteiger partial charge in [-0.2, -0.15) is 0 Å². The maximum Gasteiger partial charge on any atom is 0.0107 e. The first-order chi connectivity index (χ1) is 9.90. The molecular formula is C19H21N. The largest absolute Gasteiger partial charge is 0.330 e. The third kappa shape index (κ3) is 1.66. The Hall–Kier alpha value is -1.60. The third-order valence-corrected chi connectivity index (χ3v) is 5.07. The van der Waals surface area contributed by atoms with Crippen LogP contribution in [-0.2, 0) is 6.42 Å². The normalized spacial score (nSPS) is 21.9. The highest BCUT2D eigenvalue weighted by Crippen LogP contribution is 2.57. The van der Waals surface area contributed by atoms with Crippen molar-refractivity contribution < 1.29 is 0 Å². The second-order valence-corrected chi connectivity index (χ2v) is 6.14. The van der Waals surface area contributed by atoms with Crippen molar-refractivity contribution in [3.8, 4) is 0 Å². The molecule has 0 heterocycles. The van der Waals surface area contributed by atoms with Crippen molar-refractivity contribution in [2.75, 3.05) is 6.54 Å². The van der Waals surface area contributed by atoms with Crippen LogP contribution in [0.1, 0.15) is 58.9 Å². The van der Waals surface area contributed by atoms with Crippen LogP contribution in [0.2, 0.25) is 0 Å². The Bertz CT molecular complexity index is 644. The lowest BCUT2D eigenvalue weighted by Crippen LogP contribution is -2.07. The van der Waals surface area contributed by atoms with E-state index in [1.165, 1.54) is 19.3 Å². The zero-order valence-corrected chi connectivity index (χ0v) is 11.8. The van der Waals surface area contributed by atoms with E-state index in [1.807, 2.05) is 0 Å². The summed E-state index contributed by atoms with van der Waals surface area (Å²) in [6.45, 7) is 0.809. The predicted octanol–water partition coefficient (Wildman–Crippen LogP) is 3.95. The number of benzene rings is 2. The molecule has 0 saturated carbocycles. The summed E-state index contributed by atoms with van der Waals surface area (Å²) in [5.74, 6) is 1.31. The molecule has 2 aliphatic carbocycles. The predicted molar refractivity (Wildman–Crippen MR) is 83.2 cm³/mol. The van der Waals surface area contributed by atoms with Gasteiger partial charge in [-0.1, -0.05) is 42.5 Å². The lowest BCUT2D eigenvalue weighted by Gasteiger charge is -2.22. The van der Waals surface area contributed by atoms with Crippen molar-refractivity contribution in [2.45, 2.75) is 37.5 Å². The second kappa shape index (κ2) is 4.75. The Morgan fingerprint density at radius 1 is 0.850 bits per heavy atom. The first kappa shape index (κ1) is 12.2. The fraction of sp³-hybridized carbons (Fsp3) is 0.368. The Morgan fingerprint density at radius 3 is 2.40 bits per heavy atom. The molecule has 0 spiro atoms. The molecule has 2 aromatic carbocycles. The van der Waals surface area contributed by atoms with E-state index >= 15 is 0 Å². The molecule has 102 valence electrons. The average molecular weight is 263 g/mol. The first-order valence-corrected chi connectivity index (χ1v) is 7.80. The van der Waals surface area contributed by atoms with Crippen molar-refractivity contribution in [1.29, 1.82) is 0 Å². The summed E-state index contributed by atoms with van der Waals surface area (Å²) < 4.78 is 0. The molecule has 2 N–H and O–H groups in total. The van der Waals surface area contributed by atoms with Gasteiger partial charge in [0, 0.05) is 11.8 Å². The molecule has 0 fully saturated rings. The number of aryl methyl sites for hydroxylation is 1. The van der Waals surface area contributed by atoms with Crippen molar-refractivity contribution in [2.24, 2.45) is 5.73 Å². The van der Waals surface area contributed by atoms with Gasteiger partial charge >= 0.3 is 0 Å². The minimum absolute atomic E-state index is 0.653. The molecule has 2 bridgehead atoms. The van der Waals surface area contributed by atoms with Crippen LogP contribution in [0.15, 0.2) is 42.5 Å². The number of rotatable bonds is 4. The van der Waals surface area contributed by atoms with Crippen molar-refractivity contribution >= 4 is 0 Å². The van der Waals surface area contributed by atoms with E-state index in [4.69, 9.17) is 5.73 Å². The molecule has 4 rings (SSSR count). The van der Waals surface area contributed by atoms with E-state index in [0.717, 1.165) is 13.0 Å². The van der Waals surface area contributed by atoms with Gasteiger partial charge < -0.3 is 5.73 Å². The molecule has 1 nitrogen and oxygen atoms in total. The molecule has 2 aliphatic rings. The summed E-state index contributed by atoms with van der Waals surface area (Å²) in [7, 11) is 0. The molecule has 2 aromatic rings. The van der Waals surface area contributed by atoms with E-state index in [-0.39, 0.29) is 0 Å². The molecule has 1 heteroatoms. The minimum Gasteiger partial charge on any atom is -0.330 e. The maximum atomic E-state index is 5.63. The van der Waals surface area contributed by atoms with Gasteiger partial charge in [0.1, 0.15) is 0 Å². The van der Waals surface area contributed by atoms with Crippen LogP contribution in [0, 0.1) is 0 Å². The van der Waals surface area contributed by atoms with Gasteiger partial charge in [-0.3, -0.25) is 0 Å². The first-order valence-electron chi connectivity index (χ1n) is 7.80. The van der Waals surface area contributed by atoms with Gasteiger partial charge in [-0.05, 0) is 60.0 Å². The second-order valence-electron chi connectivity index (χ2n) is 6.14. The van der Waals surface area contributed by atoms with Crippen molar-refractivity contribution in [1.82, 2.24) is 0 Å². The Balaban J connectivity index is 1.74. The van der Waals surface area contributed by atoms with Gasteiger partial charge in [0.25, 0.3) is 0 Å². The zero-order valence-electron chi connectivity index (χ0n) is 11.8. The maximum absolute atomic E-state index is 5.63. The fourth-order valence-electron chi connectivity index (χ4n) is 4.24. The molecule has 0 radical (unpaired) electrons. The van der Waals surface area contributed by atoms with E-state index in [2.05, 4.69) is 42.5 Å². The molecule has 0 aromatic heterocycles. The summed E-state index contributed by atoms with van der Waals surface area (Å²) in [6.07, 6.45) is 4.83. The summed E-state index contributed by atoms with van der Waals surface area (Å²) in [5, 5.41) is 0. The highest BCUT2D eigenvalue weighted by molar-refractivity contribution is 5.60. The van der Waals surface area contributed by atoms with Crippen molar-refractivity contribution in [3.63, 3.8) is 0 Å². The zero-order chi connectivity index (χ0) is 13.5. The quantitative estimate of drug-likeness (QED) is 0.830.